The molecule has 0 radical (unpaired) electrons. The molecule has 0 aliphatic heterocycles. The number of hydrogen-bond acceptors (Lipinski definition) is 5. The topological polar surface area (TPSA) is 50.2 Å². The molecule has 0 amide bonds. The van der Waals surface area contributed by atoms with Crippen molar-refractivity contribution >= 4 is 39.7 Å². The molecule has 1 aliphatic carbocycles. The number of hydrazone groups is 1. The van der Waals surface area contributed by atoms with Crippen LogP contribution in [-0.2, 0) is 12.8 Å². The van der Waals surface area contributed by atoms with Crippen LogP contribution in [0, 0.1) is 11.3 Å². The molecule has 5 heteroatoms. The summed E-state index contributed by atoms with van der Waals surface area (Å²) in [5, 5.41) is 5.63. The Morgan fingerprint density at radius 3 is 2.83 bits per heavy atom. The first kappa shape index (κ1) is 20.7. The van der Waals surface area contributed by atoms with E-state index in [1.807, 2.05) is 35.8 Å². The van der Waals surface area contributed by atoms with Crippen molar-refractivity contribution in [3.63, 3.8) is 0 Å². The summed E-state index contributed by atoms with van der Waals surface area (Å²) < 4.78 is 0. The minimum atomic E-state index is 0.354. The number of benzene rings is 1. The third kappa shape index (κ3) is 4.31. The number of aryl methyl sites for hydroxylation is 1. The molecule has 1 aliphatic rings. The van der Waals surface area contributed by atoms with Crippen molar-refractivity contribution in [2.45, 2.75) is 53.4 Å². The van der Waals surface area contributed by atoms with Crippen LogP contribution in [0.3, 0.4) is 0 Å². The highest BCUT2D eigenvalue weighted by molar-refractivity contribution is 7.19. The van der Waals surface area contributed by atoms with E-state index in [9.17, 15) is 0 Å². The SMILES string of the molecule is CCC(C)(C)[C@H]1CCc2sc3ncnc(N/N=C\C(C)=C\c4ccccc4)c3c2C1. The van der Waals surface area contributed by atoms with Gasteiger partial charge in [-0.15, -0.1) is 11.3 Å². The molecule has 0 fully saturated rings. The maximum absolute atomic E-state index is 4.56. The Morgan fingerprint density at radius 1 is 1.27 bits per heavy atom. The van der Waals surface area contributed by atoms with E-state index >= 15 is 0 Å². The number of aromatic nitrogens is 2. The zero-order chi connectivity index (χ0) is 21.1. The highest BCUT2D eigenvalue weighted by Gasteiger charge is 2.33. The Bertz CT molecular complexity index is 1080. The zero-order valence-corrected chi connectivity index (χ0v) is 19.1. The molecule has 0 saturated carbocycles. The Kier molecular flexibility index (Phi) is 6.00. The summed E-state index contributed by atoms with van der Waals surface area (Å²) in [7, 11) is 0. The first-order valence-electron chi connectivity index (χ1n) is 10.8. The van der Waals surface area contributed by atoms with E-state index < -0.39 is 0 Å². The smallest absolute Gasteiger partial charge is 0.158 e. The molecule has 0 spiro atoms. The lowest BCUT2D eigenvalue weighted by molar-refractivity contribution is 0.184. The number of rotatable bonds is 6. The monoisotopic (exact) mass is 418 g/mol. The molecule has 4 rings (SSSR count). The van der Waals surface area contributed by atoms with Crippen LogP contribution in [0.25, 0.3) is 16.3 Å². The Hall–Kier alpha value is -2.53. The first-order valence-corrected chi connectivity index (χ1v) is 11.6. The highest BCUT2D eigenvalue weighted by atomic mass is 32.1. The van der Waals surface area contributed by atoms with Gasteiger partial charge in [-0.3, -0.25) is 5.43 Å². The second-order valence-corrected chi connectivity index (χ2v) is 9.94. The van der Waals surface area contributed by atoms with Crippen LogP contribution in [0.15, 0.2) is 47.3 Å². The van der Waals surface area contributed by atoms with E-state index in [2.05, 4.69) is 66.4 Å². The van der Waals surface area contributed by atoms with Gasteiger partial charge in [0, 0.05) is 4.88 Å². The van der Waals surface area contributed by atoms with E-state index in [4.69, 9.17) is 0 Å². The maximum Gasteiger partial charge on any atom is 0.158 e. The molecule has 3 aromatic rings. The molecule has 2 aromatic heterocycles. The molecule has 1 aromatic carbocycles. The summed E-state index contributed by atoms with van der Waals surface area (Å²) in [6.07, 6.45) is 10.3. The van der Waals surface area contributed by atoms with Crippen molar-refractivity contribution in [1.82, 2.24) is 9.97 Å². The summed E-state index contributed by atoms with van der Waals surface area (Å²) in [5.41, 5.74) is 7.23. The molecule has 0 unspecified atom stereocenters. The van der Waals surface area contributed by atoms with Gasteiger partial charge in [0.15, 0.2) is 5.82 Å². The molecular formula is C25H30N4S. The van der Waals surface area contributed by atoms with E-state index in [0.29, 0.717) is 11.3 Å². The zero-order valence-electron chi connectivity index (χ0n) is 18.3. The van der Waals surface area contributed by atoms with Crippen molar-refractivity contribution in [2.24, 2.45) is 16.4 Å². The number of hydrogen-bond donors (Lipinski definition) is 1. The number of allylic oxidation sites excluding steroid dienone is 1. The second kappa shape index (κ2) is 8.68. The normalized spacial score (nSPS) is 17.5. The number of fused-ring (bicyclic) bond motifs is 3. The predicted octanol–water partition coefficient (Wildman–Crippen LogP) is 6.73. The minimum absolute atomic E-state index is 0.354. The minimum Gasteiger partial charge on any atom is -0.261 e. The van der Waals surface area contributed by atoms with Gasteiger partial charge in [0.05, 0.1) is 11.6 Å². The fourth-order valence-corrected chi connectivity index (χ4v) is 5.38. The van der Waals surface area contributed by atoms with Crippen molar-refractivity contribution in [3.8, 4) is 0 Å². The van der Waals surface area contributed by atoms with Gasteiger partial charge in [-0.2, -0.15) is 5.10 Å². The van der Waals surface area contributed by atoms with Gasteiger partial charge in [0.25, 0.3) is 0 Å². The summed E-state index contributed by atoms with van der Waals surface area (Å²) in [4.78, 5) is 11.6. The summed E-state index contributed by atoms with van der Waals surface area (Å²) in [6.45, 7) is 9.16. The van der Waals surface area contributed by atoms with Gasteiger partial charge in [0.2, 0.25) is 0 Å². The van der Waals surface area contributed by atoms with Crippen molar-refractivity contribution in [2.75, 3.05) is 5.43 Å². The standard InChI is InChI=1S/C25H30N4S/c1-5-25(3,4)19-11-12-21-20(14-19)22-23(26-16-27-24(22)30-21)29-28-15-17(2)13-18-9-7-6-8-10-18/h6-10,13,15-16,19H,5,11-12,14H2,1-4H3,(H,26,27,29)/b17-13+,28-15-/t19-/m0/s1. The lowest BCUT2D eigenvalue weighted by Crippen LogP contribution is -2.28. The van der Waals surface area contributed by atoms with Gasteiger partial charge in [-0.05, 0) is 54.2 Å². The van der Waals surface area contributed by atoms with E-state index in [1.165, 1.54) is 28.8 Å². The summed E-state index contributed by atoms with van der Waals surface area (Å²) >= 11 is 1.82. The van der Waals surface area contributed by atoms with E-state index in [-0.39, 0.29) is 0 Å². The fourth-order valence-electron chi connectivity index (χ4n) is 4.19. The quantitative estimate of drug-likeness (QED) is 0.356. The molecule has 30 heavy (non-hydrogen) atoms. The number of anilines is 1. The summed E-state index contributed by atoms with van der Waals surface area (Å²) in [6, 6.07) is 10.3. The van der Waals surface area contributed by atoms with Gasteiger partial charge in [-0.1, -0.05) is 63.6 Å². The molecule has 2 heterocycles. The van der Waals surface area contributed by atoms with Gasteiger partial charge in [-0.25, -0.2) is 9.97 Å². The van der Waals surface area contributed by atoms with Crippen LogP contribution < -0.4 is 5.43 Å². The Labute approximate surface area is 183 Å². The van der Waals surface area contributed by atoms with Crippen LogP contribution in [0.5, 0.6) is 0 Å². The number of thiophene rings is 1. The lowest BCUT2D eigenvalue weighted by atomic mass is 9.69. The largest absolute Gasteiger partial charge is 0.261 e. The number of nitrogens with zero attached hydrogens (tertiary/aromatic N) is 3. The van der Waals surface area contributed by atoms with Crippen LogP contribution in [0.4, 0.5) is 5.82 Å². The van der Waals surface area contributed by atoms with E-state index in [1.54, 1.807) is 6.33 Å². The molecule has 0 saturated heterocycles. The molecule has 0 bridgehead atoms. The molecule has 4 nitrogen and oxygen atoms in total. The fraction of sp³-hybridized carbons (Fsp3) is 0.400. The van der Waals surface area contributed by atoms with Gasteiger partial charge < -0.3 is 0 Å². The average molecular weight is 419 g/mol. The van der Waals surface area contributed by atoms with Crippen molar-refractivity contribution in [3.05, 3.63) is 58.2 Å². The highest BCUT2D eigenvalue weighted by Crippen LogP contribution is 2.45. The van der Waals surface area contributed by atoms with Crippen molar-refractivity contribution < 1.29 is 0 Å². The Morgan fingerprint density at radius 2 is 2.07 bits per heavy atom. The first-order chi connectivity index (χ1) is 14.5. The maximum atomic E-state index is 4.56. The Balaban J connectivity index is 1.58. The molecule has 1 N–H and O–H groups in total. The lowest BCUT2D eigenvalue weighted by Gasteiger charge is -2.36. The van der Waals surface area contributed by atoms with Gasteiger partial charge >= 0.3 is 0 Å². The molecule has 156 valence electrons. The predicted molar refractivity (Wildman–Crippen MR) is 129 cm³/mol. The second-order valence-electron chi connectivity index (χ2n) is 8.86. The third-order valence-corrected chi connectivity index (χ3v) is 7.69. The number of nitrogens with one attached hydrogen (secondary N) is 1. The third-order valence-electron chi connectivity index (χ3n) is 6.49. The van der Waals surface area contributed by atoms with Crippen LogP contribution in [-0.4, -0.2) is 16.2 Å². The molecular weight excluding hydrogens is 388 g/mol. The van der Waals surface area contributed by atoms with Gasteiger partial charge in [0.1, 0.15) is 11.2 Å². The average Bonchev–Trinajstić information content (AvgIpc) is 3.13. The van der Waals surface area contributed by atoms with Crippen LogP contribution in [0.2, 0.25) is 0 Å². The summed E-state index contributed by atoms with van der Waals surface area (Å²) in [5.74, 6) is 1.51. The van der Waals surface area contributed by atoms with Crippen LogP contribution in [0.1, 0.15) is 56.5 Å². The van der Waals surface area contributed by atoms with Crippen molar-refractivity contribution in [1.29, 1.82) is 0 Å². The molecule has 1 atom stereocenters. The van der Waals surface area contributed by atoms with E-state index in [0.717, 1.165) is 34.4 Å². The van der Waals surface area contributed by atoms with Crippen LogP contribution >= 0.6 is 11.3 Å².